The van der Waals surface area contributed by atoms with E-state index < -0.39 is 25.2 Å². The van der Waals surface area contributed by atoms with E-state index >= 15 is 0 Å². The maximum absolute atomic E-state index is 13.5. The average molecular weight is 640 g/mol. The van der Waals surface area contributed by atoms with E-state index in [0.717, 1.165) is 11.1 Å². The van der Waals surface area contributed by atoms with Gasteiger partial charge in [0.1, 0.15) is 0 Å². The number of carbonyl (C=O) groups is 1. The van der Waals surface area contributed by atoms with E-state index in [1.165, 1.54) is 11.0 Å². The second kappa shape index (κ2) is 13.4. The molecule has 0 saturated heterocycles. The Bertz CT molecular complexity index is 1750. The number of tetrazole rings is 1. The molecule has 0 aliphatic heterocycles. The van der Waals surface area contributed by atoms with Crippen LogP contribution in [0, 0.1) is 6.92 Å². The van der Waals surface area contributed by atoms with Crippen LogP contribution in [0.1, 0.15) is 17.5 Å². The first-order valence-corrected chi connectivity index (χ1v) is 14.2. The molecular weight excluding hydrogens is 614 g/mol. The van der Waals surface area contributed by atoms with E-state index in [4.69, 9.17) is 23.2 Å². The molecule has 0 spiro atoms. The molecule has 4 aromatic carbocycles. The molecule has 0 saturated carbocycles. The maximum Gasteiger partial charge on any atom is 0.390 e. The number of rotatable bonds is 9. The summed E-state index contributed by atoms with van der Waals surface area (Å²) in [6, 6.07) is 24.0. The molecule has 0 bridgehead atoms. The van der Waals surface area contributed by atoms with Crippen molar-refractivity contribution in [3.63, 3.8) is 0 Å². The summed E-state index contributed by atoms with van der Waals surface area (Å²) in [6.07, 6.45) is -5.50. The van der Waals surface area contributed by atoms with E-state index in [2.05, 4.69) is 31.3 Å². The van der Waals surface area contributed by atoms with Crippen molar-refractivity contribution in [2.45, 2.75) is 26.1 Å². The Morgan fingerprint density at radius 3 is 2.36 bits per heavy atom. The van der Waals surface area contributed by atoms with Crippen LogP contribution in [-0.2, 0) is 6.54 Å². The van der Waals surface area contributed by atoms with Crippen LogP contribution in [-0.4, -0.2) is 39.4 Å². The third kappa shape index (κ3) is 7.86. The van der Waals surface area contributed by atoms with Gasteiger partial charge in [0.25, 0.3) is 0 Å². The minimum atomic E-state index is -4.41. The molecule has 0 unspecified atom stereocenters. The lowest BCUT2D eigenvalue weighted by atomic mass is 9.98. The van der Waals surface area contributed by atoms with Crippen molar-refractivity contribution in [1.29, 1.82) is 0 Å². The highest BCUT2D eigenvalue weighted by Gasteiger charge is 2.29. The van der Waals surface area contributed by atoms with Gasteiger partial charge < -0.3 is 15.5 Å². The van der Waals surface area contributed by atoms with Crippen molar-refractivity contribution in [1.82, 2.24) is 20.6 Å². The Kier molecular flexibility index (Phi) is 9.36. The number of alkyl halides is 3. The summed E-state index contributed by atoms with van der Waals surface area (Å²) < 4.78 is 40.4. The molecule has 0 radical (unpaired) electrons. The first-order valence-electron chi connectivity index (χ1n) is 13.4. The maximum atomic E-state index is 13.5. The van der Waals surface area contributed by atoms with Crippen molar-refractivity contribution in [3.8, 4) is 22.5 Å². The van der Waals surface area contributed by atoms with Gasteiger partial charge in [-0.05, 0) is 70.4 Å². The van der Waals surface area contributed by atoms with Crippen LogP contribution < -0.4 is 15.5 Å². The Morgan fingerprint density at radius 1 is 0.932 bits per heavy atom. The molecule has 3 N–H and O–H groups in total. The highest BCUT2D eigenvalue weighted by Crippen LogP contribution is 2.37. The van der Waals surface area contributed by atoms with Crippen LogP contribution in [0.25, 0.3) is 22.5 Å². The SMILES string of the molecule is Cc1ccc(NC(=O)Nc2cc(-c3ccccc3-c3nnn[nH]3)ccc2N(CCC(F)(F)F)Cc2ccc(Cl)cc2Cl)cc1. The number of anilines is 3. The predicted molar refractivity (Wildman–Crippen MR) is 167 cm³/mol. The van der Waals surface area contributed by atoms with Gasteiger partial charge in [-0.3, -0.25) is 0 Å². The summed E-state index contributed by atoms with van der Waals surface area (Å²) >= 11 is 12.5. The van der Waals surface area contributed by atoms with Gasteiger partial charge in [0, 0.05) is 34.4 Å². The van der Waals surface area contributed by atoms with Crippen LogP contribution in [0.5, 0.6) is 0 Å². The zero-order valence-corrected chi connectivity index (χ0v) is 24.8. The quantitative estimate of drug-likeness (QED) is 0.150. The number of urea groups is 1. The number of aromatic nitrogens is 4. The average Bonchev–Trinajstić information content (AvgIpc) is 3.52. The summed E-state index contributed by atoms with van der Waals surface area (Å²) in [7, 11) is 0. The number of hydrogen-bond acceptors (Lipinski definition) is 5. The van der Waals surface area contributed by atoms with Crippen molar-refractivity contribution in [2.24, 2.45) is 0 Å². The van der Waals surface area contributed by atoms with E-state index in [-0.39, 0.29) is 12.2 Å². The number of benzene rings is 4. The van der Waals surface area contributed by atoms with E-state index in [9.17, 15) is 18.0 Å². The largest absolute Gasteiger partial charge is 0.390 e. The Morgan fingerprint density at radius 2 is 1.68 bits per heavy atom. The Balaban J connectivity index is 1.57. The number of nitrogens with one attached hydrogen (secondary N) is 3. The van der Waals surface area contributed by atoms with Crippen molar-refractivity contribution in [3.05, 3.63) is 106 Å². The van der Waals surface area contributed by atoms with Gasteiger partial charge in [0.2, 0.25) is 0 Å². The van der Waals surface area contributed by atoms with Crippen LogP contribution >= 0.6 is 23.2 Å². The predicted octanol–water partition coefficient (Wildman–Crippen LogP) is 8.75. The van der Waals surface area contributed by atoms with E-state index in [0.29, 0.717) is 43.9 Å². The fourth-order valence-electron chi connectivity index (χ4n) is 4.62. The molecule has 8 nitrogen and oxygen atoms in total. The molecule has 0 aliphatic carbocycles. The molecular formula is C31H26Cl2F3N7O. The van der Waals surface area contributed by atoms with Crippen molar-refractivity contribution < 1.29 is 18.0 Å². The van der Waals surface area contributed by atoms with Gasteiger partial charge in [-0.1, -0.05) is 77.3 Å². The first kappa shape index (κ1) is 30.8. The van der Waals surface area contributed by atoms with Gasteiger partial charge in [-0.2, -0.15) is 13.2 Å². The van der Waals surface area contributed by atoms with Gasteiger partial charge >= 0.3 is 12.2 Å². The number of halogens is 5. The second-order valence-corrected chi connectivity index (χ2v) is 10.8. The van der Waals surface area contributed by atoms with Crippen LogP contribution in [0.2, 0.25) is 10.0 Å². The monoisotopic (exact) mass is 639 g/mol. The lowest BCUT2D eigenvalue weighted by molar-refractivity contribution is -0.132. The number of aromatic amines is 1. The molecule has 44 heavy (non-hydrogen) atoms. The molecule has 0 fully saturated rings. The molecule has 5 rings (SSSR count). The number of aryl methyl sites for hydroxylation is 1. The smallest absolute Gasteiger partial charge is 0.365 e. The summed E-state index contributed by atoms with van der Waals surface area (Å²) in [5, 5.41) is 20.4. The van der Waals surface area contributed by atoms with Gasteiger partial charge in [-0.15, -0.1) is 5.10 Å². The highest BCUT2D eigenvalue weighted by molar-refractivity contribution is 6.35. The van der Waals surface area contributed by atoms with Gasteiger partial charge in [0.05, 0.1) is 17.8 Å². The van der Waals surface area contributed by atoms with Gasteiger partial charge in [0.15, 0.2) is 5.82 Å². The fraction of sp³-hybridized carbons (Fsp3) is 0.161. The normalized spacial score (nSPS) is 11.3. The Labute approximate surface area is 261 Å². The van der Waals surface area contributed by atoms with Crippen LogP contribution in [0.3, 0.4) is 0 Å². The number of amides is 2. The molecule has 1 heterocycles. The molecule has 226 valence electrons. The van der Waals surface area contributed by atoms with Crippen LogP contribution in [0.15, 0.2) is 84.9 Å². The standard InChI is InChI=1S/C31H26Cl2F3N7O/c1-19-6-11-23(12-7-19)37-30(44)38-27-16-20(24-4-2-3-5-25(24)29-39-41-42-40-29)9-13-28(27)43(15-14-31(34,35)36)18-21-8-10-22(32)17-26(21)33/h2-13,16-17H,14-15,18H2,1H3,(H2,37,38,44)(H,39,40,41,42). The highest BCUT2D eigenvalue weighted by atomic mass is 35.5. The molecule has 2 amide bonds. The van der Waals surface area contributed by atoms with E-state index in [1.54, 1.807) is 42.5 Å². The van der Waals surface area contributed by atoms with Gasteiger partial charge in [-0.25, -0.2) is 9.89 Å². The summed E-state index contributed by atoms with van der Waals surface area (Å²) in [6.45, 7) is 1.56. The number of carbonyl (C=O) groups excluding carboxylic acids is 1. The van der Waals surface area contributed by atoms with Crippen molar-refractivity contribution >= 4 is 46.3 Å². The molecule has 0 aliphatic rings. The van der Waals surface area contributed by atoms with Crippen molar-refractivity contribution in [2.75, 3.05) is 22.1 Å². The third-order valence-electron chi connectivity index (χ3n) is 6.77. The molecule has 1 aromatic heterocycles. The number of hydrogen-bond donors (Lipinski definition) is 3. The topological polar surface area (TPSA) is 98.8 Å². The lowest BCUT2D eigenvalue weighted by Crippen LogP contribution is -2.29. The minimum absolute atomic E-state index is 0.0278. The molecule has 5 aromatic rings. The van der Waals surface area contributed by atoms with E-state index in [1.807, 2.05) is 43.3 Å². The van der Waals surface area contributed by atoms with Crippen LogP contribution in [0.4, 0.5) is 35.0 Å². The number of H-pyrrole nitrogens is 1. The summed E-state index contributed by atoms with van der Waals surface area (Å²) in [5.41, 5.74) is 4.90. The third-order valence-corrected chi connectivity index (χ3v) is 7.36. The minimum Gasteiger partial charge on any atom is -0.365 e. The zero-order valence-electron chi connectivity index (χ0n) is 23.3. The zero-order chi connectivity index (χ0) is 31.3. The first-order chi connectivity index (χ1) is 21.1. The Hall–Kier alpha value is -4.61. The number of nitrogens with zero attached hydrogens (tertiary/aromatic N) is 4. The fourth-order valence-corrected chi connectivity index (χ4v) is 5.09. The second-order valence-electron chi connectivity index (χ2n) is 9.99. The lowest BCUT2D eigenvalue weighted by Gasteiger charge is -2.29. The molecule has 13 heteroatoms. The molecule has 0 atom stereocenters. The summed E-state index contributed by atoms with van der Waals surface area (Å²) in [5.74, 6) is 0.431. The summed E-state index contributed by atoms with van der Waals surface area (Å²) in [4.78, 5) is 14.8.